The van der Waals surface area contributed by atoms with E-state index < -0.39 is 0 Å². The first kappa shape index (κ1) is 16.7. The quantitative estimate of drug-likeness (QED) is 0.922. The van der Waals surface area contributed by atoms with E-state index in [1.165, 1.54) is 4.88 Å². The molecule has 1 heterocycles. The summed E-state index contributed by atoms with van der Waals surface area (Å²) in [5.41, 5.74) is 2.40. The van der Waals surface area contributed by atoms with Crippen LogP contribution in [0, 0.1) is 5.92 Å². The zero-order valence-corrected chi connectivity index (χ0v) is 15.1. The smallest absolute Gasteiger partial charge is 0.256 e. The van der Waals surface area contributed by atoms with Crippen LogP contribution in [0.15, 0.2) is 30.3 Å². The average Bonchev–Trinajstić information content (AvgIpc) is 2.91. The number of nitrogens with one attached hydrogen (secondary N) is 1. The molecule has 24 heavy (non-hydrogen) atoms. The molecule has 0 aliphatic heterocycles. The summed E-state index contributed by atoms with van der Waals surface area (Å²) in [5, 5.41) is 3.65. The largest absolute Gasteiger partial charge is 0.345 e. The highest BCUT2D eigenvalue weighted by atomic mass is 32.1. The van der Waals surface area contributed by atoms with Crippen molar-refractivity contribution in [2.24, 2.45) is 5.92 Å². The Morgan fingerprint density at radius 3 is 2.58 bits per heavy atom. The SMILES string of the molecule is C[C@H]1CCc2c(sc(NC(=O)c3ccccc3)c2C(=O)N(C)C)C1. The third-order valence-corrected chi connectivity index (χ3v) is 5.56. The second-order valence-corrected chi connectivity index (χ2v) is 7.68. The molecule has 0 saturated heterocycles. The molecule has 5 heteroatoms. The zero-order valence-electron chi connectivity index (χ0n) is 14.3. The van der Waals surface area contributed by atoms with Crippen LogP contribution in [0.1, 0.15) is 44.5 Å². The number of hydrogen-bond donors (Lipinski definition) is 1. The Bertz CT molecular complexity index is 765. The molecule has 1 aliphatic rings. The highest BCUT2D eigenvalue weighted by Crippen LogP contribution is 2.40. The van der Waals surface area contributed by atoms with E-state index in [4.69, 9.17) is 0 Å². The maximum atomic E-state index is 12.7. The van der Waals surface area contributed by atoms with Gasteiger partial charge in [0.2, 0.25) is 0 Å². The predicted octanol–water partition coefficient (Wildman–Crippen LogP) is 3.83. The molecule has 0 unspecified atom stereocenters. The molecule has 0 radical (unpaired) electrons. The molecule has 0 fully saturated rings. The monoisotopic (exact) mass is 342 g/mol. The average molecular weight is 342 g/mol. The molecule has 2 amide bonds. The molecule has 4 nitrogen and oxygen atoms in total. The van der Waals surface area contributed by atoms with Gasteiger partial charge in [0, 0.05) is 24.5 Å². The fourth-order valence-electron chi connectivity index (χ4n) is 3.05. The van der Waals surface area contributed by atoms with Crippen LogP contribution >= 0.6 is 11.3 Å². The number of thiophene rings is 1. The van der Waals surface area contributed by atoms with Crippen molar-refractivity contribution in [3.8, 4) is 0 Å². The number of anilines is 1. The number of fused-ring (bicyclic) bond motifs is 1. The molecule has 1 aromatic heterocycles. The van der Waals surface area contributed by atoms with Crippen LogP contribution in [0.3, 0.4) is 0 Å². The third-order valence-electron chi connectivity index (χ3n) is 4.39. The van der Waals surface area contributed by atoms with E-state index in [0.717, 1.165) is 24.8 Å². The lowest BCUT2D eigenvalue weighted by Crippen LogP contribution is -2.25. The van der Waals surface area contributed by atoms with E-state index >= 15 is 0 Å². The van der Waals surface area contributed by atoms with E-state index in [-0.39, 0.29) is 11.8 Å². The number of benzene rings is 1. The summed E-state index contributed by atoms with van der Waals surface area (Å²) in [6.07, 6.45) is 2.97. The topological polar surface area (TPSA) is 49.4 Å². The van der Waals surface area contributed by atoms with Gasteiger partial charge in [-0.05, 0) is 42.9 Å². The molecular weight excluding hydrogens is 320 g/mol. The maximum Gasteiger partial charge on any atom is 0.256 e. The van der Waals surface area contributed by atoms with E-state index in [1.807, 2.05) is 18.2 Å². The van der Waals surface area contributed by atoms with Crippen molar-refractivity contribution in [2.45, 2.75) is 26.2 Å². The summed E-state index contributed by atoms with van der Waals surface area (Å²) in [7, 11) is 3.50. The summed E-state index contributed by atoms with van der Waals surface area (Å²) in [6.45, 7) is 2.23. The molecule has 3 rings (SSSR count). The summed E-state index contributed by atoms with van der Waals surface area (Å²) in [6, 6.07) is 9.10. The van der Waals surface area contributed by atoms with Crippen LogP contribution in [-0.2, 0) is 12.8 Å². The van der Waals surface area contributed by atoms with Crippen LogP contribution in [0.25, 0.3) is 0 Å². The summed E-state index contributed by atoms with van der Waals surface area (Å²) < 4.78 is 0. The first-order valence-electron chi connectivity index (χ1n) is 8.20. The standard InChI is InChI=1S/C19H22N2O2S/c1-12-9-10-14-15(11-12)24-18(16(14)19(23)21(2)3)20-17(22)13-7-5-4-6-8-13/h4-8,12H,9-11H2,1-3H3,(H,20,22)/t12-/m0/s1. The molecule has 1 aliphatic carbocycles. The van der Waals surface area contributed by atoms with E-state index in [2.05, 4.69) is 12.2 Å². The minimum absolute atomic E-state index is 0.0367. The van der Waals surface area contributed by atoms with Crippen molar-refractivity contribution in [2.75, 3.05) is 19.4 Å². The lowest BCUT2D eigenvalue weighted by Gasteiger charge is -2.19. The van der Waals surface area contributed by atoms with Gasteiger partial charge in [0.05, 0.1) is 5.56 Å². The van der Waals surface area contributed by atoms with Crippen LogP contribution in [0.4, 0.5) is 5.00 Å². The molecule has 1 aromatic carbocycles. The van der Waals surface area contributed by atoms with E-state index in [0.29, 0.717) is 22.0 Å². The molecular formula is C19H22N2O2S. The number of rotatable bonds is 3. The Morgan fingerprint density at radius 1 is 1.21 bits per heavy atom. The highest BCUT2D eigenvalue weighted by molar-refractivity contribution is 7.17. The Morgan fingerprint density at radius 2 is 1.92 bits per heavy atom. The van der Waals surface area contributed by atoms with Gasteiger partial charge in [-0.15, -0.1) is 11.3 Å². The van der Waals surface area contributed by atoms with Gasteiger partial charge in [0.1, 0.15) is 5.00 Å². The highest BCUT2D eigenvalue weighted by Gasteiger charge is 2.29. The maximum absolute atomic E-state index is 12.7. The minimum Gasteiger partial charge on any atom is -0.345 e. The van der Waals surface area contributed by atoms with Gasteiger partial charge in [0.25, 0.3) is 11.8 Å². The molecule has 0 bridgehead atoms. The summed E-state index contributed by atoms with van der Waals surface area (Å²) in [5.74, 6) is 0.414. The molecule has 1 atom stereocenters. The molecule has 0 saturated carbocycles. The molecule has 0 spiro atoms. The van der Waals surface area contributed by atoms with E-state index in [9.17, 15) is 9.59 Å². The number of nitrogens with zero attached hydrogens (tertiary/aromatic N) is 1. The number of carbonyl (C=O) groups is 2. The predicted molar refractivity (Wildman–Crippen MR) is 97.9 cm³/mol. The Hall–Kier alpha value is -2.14. The van der Waals surface area contributed by atoms with Crippen LogP contribution in [0.5, 0.6) is 0 Å². The van der Waals surface area contributed by atoms with Crippen LogP contribution in [0.2, 0.25) is 0 Å². The number of hydrogen-bond acceptors (Lipinski definition) is 3. The number of amides is 2. The van der Waals surface area contributed by atoms with Gasteiger partial charge in [-0.25, -0.2) is 0 Å². The molecule has 126 valence electrons. The van der Waals surface area contributed by atoms with E-state index in [1.54, 1.807) is 42.5 Å². The lowest BCUT2D eigenvalue weighted by atomic mass is 9.88. The molecule has 1 N–H and O–H groups in total. The van der Waals surface area contributed by atoms with Crippen LogP contribution in [-0.4, -0.2) is 30.8 Å². The van der Waals surface area contributed by atoms with Crippen molar-refractivity contribution < 1.29 is 9.59 Å². The van der Waals surface area contributed by atoms with Crippen molar-refractivity contribution >= 4 is 28.2 Å². The van der Waals surface area contributed by atoms with Gasteiger partial charge in [-0.1, -0.05) is 25.1 Å². The number of carbonyl (C=O) groups excluding carboxylic acids is 2. The van der Waals surface area contributed by atoms with Gasteiger partial charge in [0.15, 0.2) is 0 Å². The van der Waals surface area contributed by atoms with Gasteiger partial charge in [-0.3, -0.25) is 9.59 Å². The first-order valence-corrected chi connectivity index (χ1v) is 9.01. The van der Waals surface area contributed by atoms with Gasteiger partial charge >= 0.3 is 0 Å². The second-order valence-electron chi connectivity index (χ2n) is 6.58. The Labute approximate surface area is 146 Å². The normalized spacial score (nSPS) is 16.4. The fraction of sp³-hybridized carbons (Fsp3) is 0.368. The second kappa shape index (κ2) is 6.77. The summed E-state index contributed by atoms with van der Waals surface area (Å²) in [4.78, 5) is 28.0. The van der Waals surface area contributed by atoms with Crippen molar-refractivity contribution in [1.82, 2.24) is 4.90 Å². The van der Waals surface area contributed by atoms with Crippen molar-refractivity contribution in [3.63, 3.8) is 0 Å². The van der Waals surface area contributed by atoms with Gasteiger partial charge in [-0.2, -0.15) is 0 Å². The Kier molecular flexibility index (Phi) is 4.71. The van der Waals surface area contributed by atoms with Gasteiger partial charge < -0.3 is 10.2 Å². The van der Waals surface area contributed by atoms with Crippen molar-refractivity contribution in [1.29, 1.82) is 0 Å². The third kappa shape index (κ3) is 3.22. The molecule has 2 aromatic rings. The summed E-state index contributed by atoms with van der Waals surface area (Å²) >= 11 is 1.55. The zero-order chi connectivity index (χ0) is 17.3. The Balaban J connectivity index is 1.97. The lowest BCUT2D eigenvalue weighted by molar-refractivity contribution is 0.0827. The van der Waals surface area contributed by atoms with Crippen molar-refractivity contribution in [3.05, 3.63) is 51.9 Å². The minimum atomic E-state index is -0.171. The first-order chi connectivity index (χ1) is 11.5. The van der Waals surface area contributed by atoms with Crippen LogP contribution < -0.4 is 5.32 Å². The fourth-order valence-corrected chi connectivity index (χ4v) is 4.45.